The maximum atomic E-state index is 6.20. The van der Waals surface area contributed by atoms with Crippen molar-refractivity contribution in [2.75, 3.05) is 5.32 Å². The molecular formula is C19H18ClN. The van der Waals surface area contributed by atoms with Gasteiger partial charge < -0.3 is 5.32 Å². The van der Waals surface area contributed by atoms with E-state index in [0.29, 0.717) is 17.9 Å². The lowest BCUT2D eigenvalue weighted by molar-refractivity contribution is 0.425. The van der Waals surface area contributed by atoms with Crippen molar-refractivity contribution >= 4 is 17.3 Å². The maximum absolute atomic E-state index is 6.20. The van der Waals surface area contributed by atoms with Crippen LogP contribution in [0.15, 0.2) is 54.6 Å². The fourth-order valence-corrected chi connectivity index (χ4v) is 4.01. The Morgan fingerprint density at radius 3 is 2.86 bits per heavy atom. The van der Waals surface area contributed by atoms with Crippen LogP contribution in [0.4, 0.5) is 5.69 Å². The average molecular weight is 296 g/mol. The Hall–Kier alpha value is -1.73. The Bertz CT molecular complexity index is 719. The third-order valence-electron chi connectivity index (χ3n) is 4.81. The van der Waals surface area contributed by atoms with Crippen LogP contribution in [-0.2, 0) is 0 Å². The van der Waals surface area contributed by atoms with Crippen LogP contribution in [0.2, 0.25) is 5.02 Å². The van der Waals surface area contributed by atoms with E-state index in [4.69, 9.17) is 11.6 Å². The summed E-state index contributed by atoms with van der Waals surface area (Å²) in [4.78, 5) is 0. The molecule has 0 radical (unpaired) electrons. The van der Waals surface area contributed by atoms with Crippen LogP contribution >= 0.6 is 11.6 Å². The Kier molecular flexibility index (Phi) is 3.04. The third kappa shape index (κ3) is 2.08. The SMILES string of the molecule is Cc1cccc2c1N[C@H](c1cccc(Cl)c1)[C@@H]1CC=C[C@@H]21. The third-order valence-corrected chi connectivity index (χ3v) is 5.05. The van der Waals surface area contributed by atoms with Crippen molar-refractivity contribution in [2.24, 2.45) is 5.92 Å². The number of benzene rings is 2. The molecule has 0 unspecified atom stereocenters. The summed E-state index contributed by atoms with van der Waals surface area (Å²) in [5.41, 5.74) is 5.34. The zero-order chi connectivity index (χ0) is 14.4. The number of aryl methyl sites for hydroxylation is 1. The van der Waals surface area contributed by atoms with Gasteiger partial charge in [-0.05, 0) is 48.1 Å². The molecule has 1 nitrogen and oxygen atoms in total. The van der Waals surface area contributed by atoms with Crippen LogP contribution in [0.1, 0.15) is 35.1 Å². The van der Waals surface area contributed by atoms with Gasteiger partial charge in [-0.1, -0.05) is 54.1 Å². The second-order valence-corrected chi connectivity index (χ2v) is 6.51. The van der Waals surface area contributed by atoms with E-state index < -0.39 is 0 Å². The van der Waals surface area contributed by atoms with Crippen molar-refractivity contribution in [3.63, 3.8) is 0 Å². The molecule has 0 spiro atoms. The van der Waals surface area contributed by atoms with E-state index in [1.807, 2.05) is 12.1 Å². The summed E-state index contributed by atoms with van der Waals surface area (Å²) in [7, 11) is 0. The first kappa shape index (κ1) is 13.0. The topological polar surface area (TPSA) is 12.0 Å². The van der Waals surface area contributed by atoms with E-state index in [-0.39, 0.29) is 0 Å². The zero-order valence-corrected chi connectivity index (χ0v) is 12.8. The molecule has 0 bridgehead atoms. The quantitative estimate of drug-likeness (QED) is 0.687. The van der Waals surface area contributed by atoms with Gasteiger partial charge >= 0.3 is 0 Å². The molecule has 1 aliphatic carbocycles. The first-order valence-electron chi connectivity index (χ1n) is 7.52. The smallest absolute Gasteiger partial charge is 0.0554 e. The Morgan fingerprint density at radius 2 is 2.00 bits per heavy atom. The van der Waals surface area contributed by atoms with Crippen molar-refractivity contribution in [3.05, 3.63) is 76.3 Å². The van der Waals surface area contributed by atoms with Crippen molar-refractivity contribution in [1.29, 1.82) is 0 Å². The molecule has 2 aromatic carbocycles. The lowest BCUT2D eigenvalue weighted by Gasteiger charge is -2.38. The molecule has 1 heterocycles. The van der Waals surface area contributed by atoms with Crippen LogP contribution in [0.5, 0.6) is 0 Å². The first-order valence-corrected chi connectivity index (χ1v) is 7.90. The molecule has 106 valence electrons. The second kappa shape index (κ2) is 4.92. The van der Waals surface area contributed by atoms with Gasteiger partial charge in [0.1, 0.15) is 0 Å². The van der Waals surface area contributed by atoms with Gasteiger partial charge in [-0.2, -0.15) is 0 Å². The highest BCUT2D eigenvalue weighted by atomic mass is 35.5. The lowest BCUT2D eigenvalue weighted by Crippen LogP contribution is -2.29. The molecule has 0 fully saturated rings. The van der Waals surface area contributed by atoms with Gasteiger partial charge in [0.25, 0.3) is 0 Å². The molecule has 4 rings (SSSR count). The summed E-state index contributed by atoms with van der Waals surface area (Å²) < 4.78 is 0. The van der Waals surface area contributed by atoms with Crippen LogP contribution in [0.3, 0.4) is 0 Å². The van der Waals surface area contributed by atoms with Crippen LogP contribution < -0.4 is 5.32 Å². The molecule has 1 N–H and O–H groups in total. The molecule has 2 heteroatoms. The van der Waals surface area contributed by atoms with E-state index in [0.717, 1.165) is 11.4 Å². The number of nitrogens with one attached hydrogen (secondary N) is 1. The average Bonchev–Trinajstić information content (AvgIpc) is 2.96. The minimum atomic E-state index is 0.331. The van der Waals surface area contributed by atoms with Gasteiger partial charge in [0.2, 0.25) is 0 Å². The number of allylic oxidation sites excluding steroid dienone is 2. The highest BCUT2D eigenvalue weighted by Gasteiger charge is 2.38. The largest absolute Gasteiger partial charge is 0.377 e. The molecule has 0 amide bonds. The Labute approximate surface area is 130 Å². The fraction of sp³-hybridized carbons (Fsp3) is 0.263. The van der Waals surface area contributed by atoms with Crippen LogP contribution in [0.25, 0.3) is 0 Å². The number of hydrogen-bond acceptors (Lipinski definition) is 1. The minimum Gasteiger partial charge on any atom is -0.377 e. The van der Waals surface area contributed by atoms with Gasteiger partial charge in [0.15, 0.2) is 0 Å². The van der Waals surface area contributed by atoms with Gasteiger partial charge in [-0.25, -0.2) is 0 Å². The van der Waals surface area contributed by atoms with Crippen molar-refractivity contribution < 1.29 is 0 Å². The molecule has 3 atom stereocenters. The van der Waals surface area contributed by atoms with Gasteiger partial charge in [0.05, 0.1) is 6.04 Å². The minimum absolute atomic E-state index is 0.331. The molecule has 0 saturated heterocycles. The summed E-state index contributed by atoms with van der Waals surface area (Å²) in [6.45, 7) is 2.18. The number of fused-ring (bicyclic) bond motifs is 3. The van der Waals surface area contributed by atoms with Gasteiger partial charge in [0, 0.05) is 16.6 Å². The lowest BCUT2D eigenvalue weighted by atomic mass is 9.76. The number of rotatable bonds is 1. The summed E-state index contributed by atoms with van der Waals surface area (Å²) in [6.07, 6.45) is 5.83. The van der Waals surface area contributed by atoms with Crippen molar-refractivity contribution in [3.8, 4) is 0 Å². The molecule has 2 aliphatic rings. The molecule has 0 aromatic heterocycles. The first-order chi connectivity index (χ1) is 10.2. The predicted molar refractivity (Wildman–Crippen MR) is 89.0 cm³/mol. The highest BCUT2D eigenvalue weighted by Crippen LogP contribution is 2.50. The fourth-order valence-electron chi connectivity index (χ4n) is 3.81. The zero-order valence-electron chi connectivity index (χ0n) is 12.0. The van der Waals surface area contributed by atoms with E-state index >= 15 is 0 Å². The van der Waals surface area contributed by atoms with E-state index in [1.54, 1.807) is 0 Å². The molecule has 0 saturated carbocycles. The van der Waals surface area contributed by atoms with Crippen molar-refractivity contribution in [1.82, 2.24) is 0 Å². The normalized spacial score (nSPS) is 26.1. The number of anilines is 1. The summed E-state index contributed by atoms with van der Waals surface area (Å²) in [5, 5.41) is 4.59. The van der Waals surface area contributed by atoms with Gasteiger partial charge in [-0.3, -0.25) is 0 Å². The van der Waals surface area contributed by atoms with E-state index in [9.17, 15) is 0 Å². The van der Waals surface area contributed by atoms with E-state index in [2.05, 4.69) is 54.7 Å². The number of halogens is 1. The summed E-state index contributed by atoms with van der Waals surface area (Å²) >= 11 is 6.20. The monoisotopic (exact) mass is 295 g/mol. The second-order valence-electron chi connectivity index (χ2n) is 6.07. The van der Waals surface area contributed by atoms with Crippen LogP contribution in [-0.4, -0.2) is 0 Å². The summed E-state index contributed by atoms with van der Waals surface area (Å²) in [6, 6.07) is 15.2. The molecular weight excluding hydrogens is 278 g/mol. The molecule has 21 heavy (non-hydrogen) atoms. The van der Waals surface area contributed by atoms with Crippen LogP contribution in [0, 0.1) is 12.8 Å². The molecule has 1 aliphatic heterocycles. The van der Waals surface area contributed by atoms with Gasteiger partial charge in [-0.15, -0.1) is 0 Å². The number of hydrogen-bond donors (Lipinski definition) is 1. The Morgan fingerprint density at radius 1 is 1.14 bits per heavy atom. The molecule has 2 aromatic rings. The number of para-hydroxylation sites is 1. The van der Waals surface area contributed by atoms with Crippen molar-refractivity contribution in [2.45, 2.75) is 25.3 Å². The predicted octanol–water partition coefficient (Wildman–Crippen LogP) is 5.47. The standard InChI is InChI=1S/C19H18ClN/c1-12-5-2-9-16-15-8-4-10-17(15)19(21-18(12)16)13-6-3-7-14(20)11-13/h2-9,11,15,17,19,21H,10H2,1H3/t15-,17+,19+/m0/s1. The highest BCUT2D eigenvalue weighted by molar-refractivity contribution is 6.30. The maximum Gasteiger partial charge on any atom is 0.0554 e. The summed E-state index contributed by atoms with van der Waals surface area (Å²) in [5.74, 6) is 1.10. The Balaban J connectivity index is 1.83. The van der Waals surface area contributed by atoms with E-state index in [1.165, 1.54) is 22.4 Å².